The highest BCUT2D eigenvalue weighted by Gasteiger charge is 2.07. The first-order valence-corrected chi connectivity index (χ1v) is 6.02. The number of hydrogen-bond donors (Lipinski definition) is 1. The second-order valence-corrected chi connectivity index (χ2v) is 4.51. The van der Waals surface area contributed by atoms with Crippen LogP contribution in [0.3, 0.4) is 0 Å². The van der Waals surface area contributed by atoms with Crippen LogP contribution in [0, 0.1) is 6.92 Å². The van der Waals surface area contributed by atoms with Crippen LogP contribution < -0.4 is 5.56 Å². The molecule has 1 heterocycles. The van der Waals surface area contributed by atoms with Crippen LogP contribution in [0.25, 0.3) is 0 Å². The average molecular weight is 257 g/mol. The van der Waals surface area contributed by atoms with E-state index in [9.17, 15) is 9.59 Å². The SMILES string of the molecule is Cc1ccn(Cc2ccccc2CC(=O)O)c(=O)c1. The van der Waals surface area contributed by atoms with Gasteiger partial charge in [-0.2, -0.15) is 0 Å². The highest BCUT2D eigenvalue weighted by atomic mass is 16.4. The van der Waals surface area contributed by atoms with Gasteiger partial charge in [0.05, 0.1) is 13.0 Å². The lowest BCUT2D eigenvalue weighted by Gasteiger charge is -2.10. The lowest BCUT2D eigenvalue weighted by molar-refractivity contribution is -0.136. The van der Waals surface area contributed by atoms with Crippen molar-refractivity contribution in [2.75, 3.05) is 0 Å². The normalized spacial score (nSPS) is 10.4. The van der Waals surface area contributed by atoms with Gasteiger partial charge in [-0.3, -0.25) is 9.59 Å². The molecule has 4 heteroatoms. The molecule has 0 radical (unpaired) electrons. The number of aliphatic carboxylic acids is 1. The van der Waals surface area contributed by atoms with E-state index in [1.54, 1.807) is 29.0 Å². The number of carboxylic acids is 1. The van der Waals surface area contributed by atoms with Gasteiger partial charge < -0.3 is 9.67 Å². The fourth-order valence-corrected chi connectivity index (χ4v) is 1.97. The van der Waals surface area contributed by atoms with E-state index >= 15 is 0 Å². The van der Waals surface area contributed by atoms with Crippen molar-refractivity contribution in [2.24, 2.45) is 0 Å². The van der Waals surface area contributed by atoms with Crippen LogP contribution in [-0.2, 0) is 17.8 Å². The zero-order valence-corrected chi connectivity index (χ0v) is 10.7. The maximum atomic E-state index is 11.8. The Morgan fingerprint density at radius 2 is 1.89 bits per heavy atom. The quantitative estimate of drug-likeness (QED) is 0.909. The second-order valence-electron chi connectivity index (χ2n) is 4.51. The molecule has 98 valence electrons. The average Bonchev–Trinajstić information content (AvgIpc) is 2.34. The van der Waals surface area contributed by atoms with Crippen LogP contribution in [-0.4, -0.2) is 15.6 Å². The molecule has 1 N–H and O–H groups in total. The van der Waals surface area contributed by atoms with Crippen LogP contribution in [0.4, 0.5) is 0 Å². The molecule has 0 saturated carbocycles. The molecule has 0 atom stereocenters. The summed E-state index contributed by atoms with van der Waals surface area (Å²) in [4.78, 5) is 22.6. The molecule has 0 aliphatic heterocycles. The number of carboxylic acid groups (broad SMARTS) is 1. The molecular formula is C15H15NO3. The summed E-state index contributed by atoms with van der Waals surface area (Å²) in [6.07, 6.45) is 1.70. The summed E-state index contributed by atoms with van der Waals surface area (Å²) in [5, 5.41) is 8.88. The first-order valence-electron chi connectivity index (χ1n) is 6.02. The Kier molecular flexibility index (Phi) is 3.80. The number of nitrogens with zero attached hydrogens (tertiary/aromatic N) is 1. The van der Waals surface area contributed by atoms with Gasteiger partial charge in [0.1, 0.15) is 0 Å². The van der Waals surface area contributed by atoms with E-state index in [-0.39, 0.29) is 12.0 Å². The van der Waals surface area contributed by atoms with Crippen molar-refractivity contribution in [3.05, 3.63) is 69.6 Å². The van der Waals surface area contributed by atoms with Crippen LogP contribution in [0.2, 0.25) is 0 Å². The lowest BCUT2D eigenvalue weighted by atomic mass is 10.0. The van der Waals surface area contributed by atoms with E-state index < -0.39 is 5.97 Å². The zero-order valence-electron chi connectivity index (χ0n) is 10.7. The van der Waals surface area contributed by atoms with Gasteiger partial charge in [0, 0.05) is 12.3 Å². The summed E-state index contributed by atoms with van der Waals surface area (Å²) in [7, 11) is 0. The van der Waals surface area contributed by atoms with E-state index in [1.165, 1.54) is 0 Å². The summed E-state index contributed by atoms with van der Waals surface area (Å²) in [6.45, 7) is 2.26. The Bertz CT molecular complexity index is 658. The van der Waals surface area contributed by atoms with Crippen LogP contribution in [0.1, 0.15) is 16.7 Å². The maximum Gasteiger partial charge on any atom is 0.307 e. The van der Waals surface area contributed by atoms with Crippen molar-refractivity contribution in [1.82, 2.24) is 4.57 Å². The van der Waals surface area contributed by atoms with Crippen molar-refractivity contribution in [3.8, 4) is 0 Å². The van der Waals surface area contributed by atoms with Crippen LogP contribution >= 0.6 is 0 Å². The molecule has 0 fully saturated rings. The molecule has 0 unspecified atom stereocenters. The summed E-state index contributed by atoms with van der Waals surface area (Å²) in [5.41, 5.74) is 2.43. The number of rotatable bonds is 4. The predicted octanol–water partition coefficient (Wildman–Crippen LogP) is 1.83. The van der Waals surface area contributed by atoms with Gasteiger partial charge in [0.2, 0.25) is 0 Å². The standard InChI is InChI=1S/C15H15NO3/c1-11-6-7-16(14(17)8-11)10-13-5-3-2-4-12(13)9-15(18)19/h2-8H,9-10H2,1H3,(H,18,19). The highest BCUT2D eigenvalue weighted by Crippen LogP contribution is 2.11. The minimum absolute atomic E-state index is 0.0310. The number of hydrogen-bond acceptors (Lipinski definition) is 2. The molecule has 19 heavy (non-hydrogen) atoms. The van der Waals surface area contributed by atoms with Crippen molar-refractivity contribution in [1.29, 1.82) is 0 Å². The first kappa shape index (κ1) is 13.1. The van der Waals surface area contributed by atoms with E-state index in [0.29, 0.717) is 6.54 Å². The van der Waals surface area contributed by atoms with Crippen LogP contribution in [0.5, 0.6) is 0 Å². The Morgan fingerprint density at radius 1 is 1.21 bits per heavy atom. The van der Waals surface area contributed by atoms with Gasteiger partial charge in [-0.25, -0.2) is 0 Å². The molecule has 2 aromatic rings. The van der Waals surface area contributed by atoms with Gasteiger partial charge in [-0.05, 0) is 29.7 Å². The molecule has 1 aromatic heterocycles. The highest BCUT2D eigenvalue weighted by molar-refractivity contribution is 5.70. The third-order valence-corrected chi connectivity index (χ3v) is 2.95. The van der Waals surface area contributed by atoms with Crippen molar-refractivity contribution in [3.63, 3.8) is 0 Å². The maximum absolute atomic E-state index is 11.8. The minimum Gasteiger partial charge on any atom is -0.481 e. The van der Waals surface area contributed by atoms with E-state index in [4.69, 9.17) is 5.11 Å². The topological polar surface area (TPSA) is 59.3 Å². The van der Waals surface area contributed by atoms with Crippen molar-refractivity contribution >= 4 is 5.97 Å². The largest absolute Gasteiger partial charge is 0.481 e. The van der Waals surface area contributed by atoms with Crippen LogP contribution in [0.15, 0.2) is 47.4 Å². The fraction of sp³-hybridized carbons (Fsp3) is 0.200. The number of aryl methyl sites for hydroxylation is 1. The Morgan fingerprint density at radius 3 is 2.53 bits per heavy atom. The monoisotopic (exact) mass is 257 g/mol. The molecule has 0 spiro atoms. The third kappa shape index (κ3) is 3.31. The van der Waals surface area contributed by atoms with Gasteiger partial charge in [-0.15, -0.1) is 0 Å². The molecule has 0 saturated heterocycles. The van der Waals surface area contributed by atoms with E-state index in [1.807, 2.05) is 25.1 Å². The number of carbonyl (C=O) groups is 1. The number of benzene rings is 1. The third-order valence-electron chi connectivity index (χ3n) is 2.95. The van der Waals surface area contributed by atoms with Gasteiger partial charge >= 0.3 is 5.97 Å². The second kappa shape index (κ2) is 5.52. The number of pyridine rings is 1. The number of aromatic nitrogens is 1. The lowest BCUT2D eigenvalue weighted by Crippen LogP contribution is -2.20. The van der Waals surface area contributed by atoms with Gasteiger partial charge in [0.15, 0.2) is 0 Å². The predicted molar refractivity (Wildman–Crippen MR) is 72.3 cm³/mol. The summed E-state index contributed by atoms with van der Waals surface area (Å²) < 4.78 is 1.58. The minimum atomic E-state index is -0.872. The van der Waals surface area contributed by atoms with E-state index in [2.05, 4.69) is 0 Å². The Balaban J connectivity index is 2.33. The van der Waals surface area contributed by atoms with Gasteiger partial charge in [-0.1, -0.05) is 24.3 Å². The Labute approximate surface area is 110 Å². The van der Waals surface area contributed by atoms with Crippen molar-refractivity contribution in [2.45, 2.75) is 19.9 Å². The van der Waals surface area contributed by atoms with Gasteiger partial charge in [0.25, 0.3) is 5.56 Å². The molecule has 2 rings (SSSR count). The smallest absolute Gasteiger partial charge is 0.307 e. The molecule has 0 aliphatic carbocycles. The summed E-state index contributed by atoms with van der Waals surface area (Å²) >= 11 is 0. The van der Waals surface area contributed by atoms with Crippen molar-refractivity contribution < 1.29 is 9.90 Å². The molecule has 1 aromatic carbocycles. The fourth-order valence-electron chi connectivity index (χ4n) is 1.97. The van der Waals surface area contributed by atoms with E-state index in [0.717, 1.165) is 16.7 Å². The molecule has 0 aliphatic rings. The summed E-state index contributed by atoms with van der Waals surface area (Å²) in [5.74, 6) is -0.872. The Hall–Kier alpha value is -2.36. The summed E-state index contributed by atoms with van der Waals surface area (Å²) in [6, 6.07) is 10.7. The first-order chi connectivity index (χ1) is 9.06. The molecule has 4 nitrogen and oxygen atoms in total. The zero-order chi connectivity index (χ0) is 13.8. The molecular weight excluding hydrogens is 242 g/mol. The molecule has 0 amide bonds. The molecule has 0 bridgehead atoms.